The van der Waals surface area contributed by atoms with Gasteiger partial charge in [0, 0.05) is 50.8 Å². The van der Waals surface area contributed by atoms with E-state index in [9.17, 15) is 0 Å². The van der Waals surface area contributed by atoms with Gasteiger partial charge in [0.2, 0.25) is 0 Å². The van der Waals surface area contributed by atoms with Crippen LogP contribution in [0.5, 0.6) is 0 Å². The van der Waals surface area contributed by atoms with Crippen LogP contribution in [0, 0.1) is 13.8 Å². The summed E-state index contributed by atoms with van der Waals surface area (Å²) in [4.78, 5) is 0. The minimum atomic E-state index is 0.875. The minimum absolute atomic E-state index is 0.875. The Kier molecular flexibility index (Phi) is 3.33. The quantitative estimate of drug-likeness (QED) is 0.870. The maximum atomic E-state index is 4.41. The van der Waals surface area contributed by atoms with E-state index >= 15 is 0 Å². The maximum Gasteiger partial charge on any atom is 0.0641 e. The second-order valence-electron chi connectivity index (χ2n) is 4.56. The molecule has 0 aliphatic heterocycles. The summed E-state index contributed by atoms with van der Waals surface area (Å²) < 4.78 is 4.01. The average molecular weight is 232 g/mol. The number of aryl methyl sites for hydroxylation is 3. The highest BCUT2D eigenvalue weighted by Crippen LogP contribution is 2.11. The molecule has 0 spiro atoms. The van der Waals surface area contributed by atoms with Gasteiger partial charge in [-0.3, -0.25) is 4.68 Å². The molecule has 0 aliphatic carbocycles. The summed E-state index contributed by atoms with van der Waals surface area (Å²) in [5.41, 5.74) is 4.98. The topological polar surface area (TPSA) is 34.8 Å². The lowest BCUT2D eigenvalue weighted by atomic mass is 10.2. The van der Waals surface area contributed by atoms with Crippen LogP contribution in [0.1, 0.15) is 22.5 Å². The Labute approximate surface area is 102 Å². The number of aromatic nitrogens is 3. The monoisotopic (exact) mass is 232 g/mol. The van der Waals surface area contributed by atoms with Crippen molar-refractivity contribution in [2.45, 2.75) is 26.9 Å². The molecule has 0 amide bonds. The number of hydrogen-bond donors (Lipinski definition) is 1. The van der Waals surface area contributed by atoms with Crippen LogP contribution >= 0.6 is 0 Å². The molecule has 2 aromatic rings. The van der Waals surface area contributed by atoms with Gasteiger partial charge in [-0.25, -0.2) is 0 Å². The number of rotatable bonds is 4. The van der Waals surface area contributed by atoms with Crippen LogP contribution in [0.2, 0.25) is 0 Å². The third kappa shape index (κ3) is 2.58. The second-order valence-corrected chi connectivity index (χ2v) is 4.56. The van der Waals surface area contributed by atoms with Crippen molar-refractivity contribution in [3.8, 4) is 0 Å². The van der Waals surface area contributed by atoms with Crippen LogP contribution in [-0.2, 0) is 27.2 Å². The standard InChI is InChI=1S/C13H20N4/c1-10-13(11(2)17(4)15-10)8-14-7-12-5-6-16(3)9-12/h5-6,9,14H,7-8H2,1-4H3. The average Bonchev–Trinajstić information content (AvgIpc) is 2.78. The van der Waals surface area contributed by atoms with Crippen LogP contribution in [0.15, 0.2) is 18.5 Å². The van der Waals surface area contributed by atoms with Crippen molar-refractivity contribution in [1.29, 1.82) is 0 Å². The SMILES string of the molecule is Cc1nn(C)c(C)c1CNCc1ccn(C)c1. The molecule has 92 valence electrons. The number of nitrogens with zero attached hydrogens (tertiary/aromatic N) is 3. The van der Waals surface area contributed by atoms with Crippen molar-refractivity contribution in [2.24, 2.45) is 14.1 Å². The Hall–Kier alpha value is -1.55. The largest absolute Gasteiger partial charge is 0.357 e. The van der Waals surface area contributed by atoms with E-state index in [0.29, 0.717) is 0 Å². The molecule has 0 saturated carbocycles. The van der Waals surface area contributed by atoms with Gasteiger partial charge in [0.05, 0.1) is 5.69 Å². The molecule has 2 heterocycles. The summed E-state index contributed by atoms with van der Waals surface area (Å²) >= 11 is 0. The van der Waals surface area contributed by atoms with Crippen molar-refractivity contribution in [3.63, 3.8) is 0 Å². The highest BCUT2D eigenvalue weighted by Gasteiger charge is 2.08. The van der Waals surface area contributed by atoms with Gasteiger partial charge < -0.3 is 9.88 Å². The molecule has 4 heteroatoms. The summed E-state index contributed by atoms with van der Waals surface area (Å²) in [5.74, 6) is 0. The first kappa shape index (κ1) is 11.9. The maximum absolute atomic E-state index is 4.41. The molecule has 0 bridgehead atoms. The summed E-state index contributed by atoms with van der Waals surface area (Å²) in [6.45, 7) is 5.95. The van der Waals surface area contributed by atoms with Crippen molar-refractivity contribution in [1.82, 2.24) is 19.7 Å². The normalized spacial score (nSPS) is 11.1. The van der Waals surface area contributed by atoms with Crippen molar-refractivity contribution < 1.29 is 0 Å². The van der Waals surface area contributed by atoms with E-state index < -0.39 is 0 Å². The van der Waals surface area contributed by atoms with Crippen molar-refractivity contribution in [3.05, 3.63) is 41.0 Å². The molecule has 1 N–H and O–H groups in total. The molecule has 2 rings (SSSR count). The number of nitrogens with one attached hydrogen (secondary N) is 1. The van der Waals surface area contributed by atoms with Gasteiger partial charge in [-0.05, 0) is 25.5 Å². The third-order valence-corrected chi connectivity index (χ3v) is 3.18. The van der Waals surface area contributed by atoms with Crippen LogP contribution in [0.3, 0.4) is 0 Å². The molecule has 0 radical (unpaired) electrons. The zero-order valence-corrected chi connectivity index (χ0v) is 11.0. The lowest BCUT2D eigenvalue weighted by Crippen LogP contribution is -2.13. The molecule has 4 nitrogen and oxygen atoms in total. The zero-order valence-electron chi connectivity index (χ0n) is 11.0. The summed E-state index contributed by atoms with van der Waals surface area (Å²) in [6.07, 6.45) is 4.20. The summed E-state index contributed by atoms with van der Waals surface area (Å²) in [6, 6.07) is 2.13. The highest BCUT2D eigenvalue weighted by molar-refractivity contribution is 5.24. The highest BCUT2D eigenvalue weighted by atomic mass is 15.3. The molecule has 0 saturated heterocycles. The predicted molar refractivity (Wildman–Crippen MR) is 68.6 cm³/mol. The van der Waals surface area contributed by atoms with E-state index in [1.807, 2.05) is 18.8 Å². The molecule has 0 aromatic carbocycles. The third-order valence-electron chi connectivity index (χ3n) is 3.18. The van der Waals surface area contributed by atoms with Gasteiger partial charge in [-0.2, -0.15) is 5.10 Å². The molecule has 17 heavy (non-hydrogen) atoms. The van der Waals surface area contributed by atoms with Gasteiger partial charge in [0.1, 0.15) is 0 Å². The summed E-state index contributed by atoms with van der Waals surface area (Å²) in [5, 5.41) is 7.87. The van der Waals surface area contributed by atoms with Crippen molar-refractivity contribution >= 4 is 0 Å². The van der Waals surface area contributed by atoms with Crippen molar-refractivity contribution in [2.75, 3.05) is 0 Å². The number of hydrogen-bond acceptors (Lipinski definition) is 2. The van der Waals surface area contributed by atoms with E-state index in [-0.39, 0.29) is 0 Å². The fraction of sp³-hybridized carbons (Fsp3) is 0.462. The lowest BCUT2D eigenvalue weighted by Gasteiger charge is -2.04. The van der Waals surface area contributed by atoms with E-state index in [0.717, 1.165) is 18.8 Å². The fourth-order valence-electron chi connectivity index (χ4n) is 2.07. The lowest BCUT2D eigenvalue weighted by molar-refractivity contribution is 0.683. The molecule has 0 atom stereocenters. The van der Waals surface area contributed by atoms with Gasteiger partial charge in [0.25, 0.3) is 0 Å². The predicted octanol–water partition coefficient (Wildman–Crippen LogP) is 1.67. The van der Waals surface area contributed by atoms with Gasteiger partial charge in [-0.1, -0.05) is 0 Å². The second kappa shape index (κ2) is 4.75. The Morgan fingerprint density at radius 1 is 1.24 bits per heavy atom. The molecule has 0 unspecified atom stereocenters. The van der Waals surface area contributed by atoms with Crippen LogP contribution in [-0.4, -0.2) is 14.3 Å². The zero-order chi connectivity index (χ0) is 12.4. The molecular weight excluding hydrogens is 212 g/mol. The first-order valence-corrected chi connectivity index (χ1v) is 5.88. The summed E-state index contributed by atoms with van der Waals surface area (Å²) in [7, 11) is 4.03. The van der Waals surface area contributed by atoms with Crippen LogP contribution < -0.4 is 5.32 Å². The molecule has 0 fully saturated rings. The first-order valence-electron chi connectivity index (χ1n) is 5.88. The van der Waals surface area contributed by atoms with Crippen LogP contribution in [0.25, 0.3) is 0 Å². The Bertz CT molecular complexity index is 507. The van der Waals surface area contributed by atoms with Gasteiger partial charge >= 0.3 is 0 Å². The Balaban J connectivity index is 1.94. The smallest absolute Gasteiger partial charge is 0.0641 e. The van der Waals surface area contributed by atoms with Crippen LogP contribution in [0.4, 0.5) is 0 Å². The van der Waals surface area contributed by atoms with E-state index in [4.69, 9.17) is 0 Å². The molecule has 0 aliphatic rings. The Morgan fingerprint density at radius 2 is 2.00 bits per heavy atom. The van der Waals surface area contributed by atoms with E-state index in [1.54, 1.807) is 0 Å². The fourth-order valence-corrected chi connectivity index (χ4v) is 2.07. The minimum Gasteiger partial charge on any atom is -0.357 e. The van der Waals surface area contributed by atoms with Gasteiger partial charge in [0.15, 0.2) is 0 Å². The van der Waals surface area contributed by atoms with E-state index in [2.05, 4.69) is 47.3 Å². The first-order chi connectivity index (χ1) is 8.08. The molecular formula is C13H20N4. The van der Waals surface area contributed by atoms with Gasteiger partial charge in [-0.15, -0.1) is 0 Å². The van der Waals surface area contributed by atoms with E-state index in [1.165, 1.54) is 16.8 Å². The Morgan fingerprint density at radius 3 is 2.53 bits per heavy atom. The molecule has 2 aromatic heterocycles.